The van der Waals surface area contributed by atoms with Crippen molar-refractivity contribution in [1.29, 1.82) is 0 Å². The van der Waals surface area contributed by atoms with Gasteiger partial charge in [0.05, 0.1) is 23.7 Å². The van der Waals surface area contributed by atoms with Crippen LogP contribution >= 0.6 is 0 Å². The van der Waals surface area contributed by atoms with Crippen molar-refractivity contribution < 1.29 is 14.6 Å². The zero-order chi connectivity index (χ0) is 17.5. The lowest BCUT2D eigenvalue weighted by Gasteiger charge is -2.19. The maximum atomic E-state index is 12.6. The number of phenols is 1. The number of benzene rings is 1. The SMILES string of the molecule is CCn1cncc1-c1cn(C(=O)OC(C)(C)C)c2ccc(O)cc12. The molecule has 126 valence electrons. The van der Waals surface area contributed by atoms with Gasteiger partial charge in [-0.05, 0) is 45.9 Å². The van der Waals surface area contributed by atoms with Crippen LogP contribution in [0.25, 0.3) is 22.2 Å². The molecule has 0 saturated heterocycles. The third-order valence-electron chi connectivity index (χ3n) is 3.71. The van der Waals surface area contributed by atoms with Gasteiger partial charge in [-0.1, -0.05) is 0 Å². The predicted molar refractivity (Wildman–Crippen MR) is 92.1 cm³/mol. The number of aromatic hydroxyl groups is 1. The summed E-state index contributed by atoms with van der Waals surface area (Å²) in [5.41, 5.74) is 1.80. The van der Waals surface area contributed by atoms with E-state index in [1.54, 1.807) is 36.9 Å². The molecule has 0 radical (unpaired) electrons. The molecule has 0 atom stereocenters. The maximum absolute atomic E-state index is 12.6. The van der Waals surface area contributed by atoms with Gasteiger partial charge in [0.2, 0.25) is 0 Å². The number of hydrogen-bond acceptors (Lipinski definition) is 4. The molecule has 0 spiro atoms. The number of hydrogen-bond donors (Lipinski definition) is 1. The number of rotatable bonds is 2. The van der Waals surface area contributed by atoms with Crippen LogP contribution in [0.2, 0.25) is 0 Å². The Balaban J connectivity index is 2.20. The van der Waals surface area contributed by atoms with Gasteiger partial charge in [-0.15, -0.1) is 0 Å². The Morgan fingerprint density at radius 1 is 1.33 bits per heavy atom. The highest BCUT2D eigenvalue weighted by molar-refractivity contribution is 6.00. The van der Waals surface area contributed by atoms with E-state index in [0.29, 0.717) is 5.52 Å². The molecule has 0 aliphatic heterocycles. The Morgan fingerprint density at radius 3 is 2.75 bits per heavy atom. The largest absolute Gasteiger partial charge is 0.508 e. The minimum atomic E-state index is -0.587. The number of phenolic OH excluding ortho intramolecular Hbond substituents is 1. The molecule has 24 heavy (non-hydrogen) atoms. The molecule has 6 nitrogen and oxygen atoms in total. The third-order valence-corrected chi connectivity index (χ3v) is 3.71. The Hall–Kier alpha value is -2.76. The number of imidazole rings is 1. The fourth-order valence-corrected chi connectivity index (χ4v) is 2.68. The van der Waals surface area contributed by atoms with Crippen LogP contribution < -0.4 is 0 Å². The lowest BCUT2D eigenvalue weighted by atomic mass is 10.1. The molecule has 1 N–H and O–H groups in total. The van der Waals surface area contributed by atoms with Crippen molar-refractivity contribution in [3.05, 3.63) is 36.9 Å². The van der Waals surface area contributed by atoms with Crippen LogP contribution in [0, 0.1) is 0 Å². The number of nitrogens with zero attached hydrogens (tertiary/aromatic N) is 3. The minimum absolute atomic E-state index is 0.147. The van der Waals surface area contributed by atoms with Crippen LogP contribution in [0.5, 0.6) is 5.75 Å². The first kappa shape index (κ1) is 16.1. The fourth-order valence-electron chi connectivity index (χ4n) is 2.68. The number of fused-ring (bicyclic) bond motifs is 1. The van der Waals surface area contributed by atoms with Gasteiger partial charge in [-0.2, -0.15) is 0 Å². The highest BCUT2D eigenvalue weighted by atomic mass is 16.6. The standard InChI is InChI=1S/C18H21N3O3/c1-5-20-11-19-9-16(20)14-10-21(17(23)24-18(2,3)4)15-7-6-12(22)8-13(14)15/h6-11,22H,5H2,1-4H3. The molecule has 3 rings (SSSR count). The molecule has 2 heterocycles. The second-order valence-electron chi connectivity index (χ2n) is 6.66. The lowest BCUT2D eigenvalue weighted by molar-refractivity contribution is 0.0544. The Labute approximate surface area is 140 Å². The molecular formula is C18H21N3O3. The van der Waals surface area contributed by atoms with Crippen LogP contribution in [0.15, 0.2) is 36.9 Å². The summed E-state index contributed by atoms with van der Waals surface area (Å²) in [6.07, 6.45) is 4.78. The first-order valence-electron chi connectivity index (χ1n) is 7.88. The van der Waals surface area contributed by atoms with Gasteiger partial charge in [0.15, 0.2) is 0 Å². The molecule has 0 unspecified atom stereocenters. The summed E-state index contributed by atoms with van der Waals surface area (Å²) in [6, 6.07) is 4.92. The van der Waals surface area contributed by atoms with Crippen molar-refractivity contribution in [2.45, 2.75) is 39.8 Å². The molecule has 0 aliphatic carbocycles. The number of ether oxygens (including phenoxy) is 1. The first-order valence-corrected chi connectivity index (χ1v) is 7.88. The van der Waals surface area contributed by atoms with Gasteiger partial charge in [0, 0.05) is 23.7 Å². The summed E-state index contributed by atoms with van der Waals surface area (Å²) in [5, 5.41) is 10.6. The summed E-state index contributed by atoms with van der Waals surface area (Å²) in [6.45, 7) is 8.27. The second-order valence-corrected chi connectivity index (χ2v) is 6.66. The van der Waals surface area contributed by atoms with Crippen molar-refractivity contribution in [3.8, 4) is 17.0 Å². The molecule has 0 saturated carbocycles. The summed E-state index contributed by atoms with van der Waals surface area (Å²) >= 11 is 0. The first-order chi connectivity index (χ1) is 11.3. The van der Waals surface area contributed by atoms with Gasteiger partial charge in [-0.25, -0.2) is 9.78 Å². The number of carbonyl (C=O) groups is 1. The van der Waals surface area contributed by atoms with Gasteiger partial charge < -0.3 is 14.4 Å². The quantitative estimate of drug-likeness (QED) is 0.772. The van der Waals surface area contributed by atoms with E-state index in [4.69, 9.17) is 4.74 Å². The fraction of sp³-hybridized carbons (Fsp3) is 0.333. The summed E-state index contributed by atoms with van der Waals surface area (Å²) in [5.74, 6) is 0.147. The average Bonchev–Trinajstić information content (AvgIpc) is 3.08. The van der Waals surface area contributed by atoms with Crippen molar-refractivity contribution in [2.24, 2.45) is 0 Å². The second kappa shape index (κ2) is 5.70. The van der Waals surface area contributed by atoms with Crippen LogP contribution in [0.4, 0.5) is 4.79 Å². The van der Waals surface area contributed by atoms with Crippen LogP contribution in [-0.4, -0.2) is 30.9 Å². The van der Waals surface area contributed by atoms with E-state index in [1.165, 1.54) is 4.57 Å². The highest BCUT2D eigenvalue weighted by Gasteiger charge is 2.22. The zero-order valence-electron chi connectivity index (χ0n) is 14.3. The number of carbonyl (C=O) groups excluding carboxylic acids is 1. The smallest absolute Gasteiger partial charge is 0.419 e. The van der Waals surface area contributed by atoms with E-state index in [0.717, 1.165) is 23.2 Å². The van der Waals surface area contributed by atoms with Crippen LogP contribution in [0.1, 0.15) is 27.7 Å². The Kier molecular flexibility index (Phi) is 3.83. The molecule has 1 aromatic carbocycles. The molecule has 0 aliphatic rings. The average molecular weight is 327 g/mol. The van der Waals surface area contributed by atoms with E-state index in [2.05, 4.69) is 4.98 Å². The molecule has 0 fully saturated rings. The maximum Gasteiger partial charge on any atom is 0.419 e. The molecule has 3 aromatic rings. The van der Waals surface area contributed by atoms with Crippen molar-refractivity contribution >= 4 is 17.0 Å². The highest BCUT2D eigenvalue weighted by Crippen LogP contribution is 2.33. The molecule has 0 bridgehead atoms. The van der Waals surface area contributed by atoms with Gasteiger partial charge >= 0.3 is 6.09 Å². The third kappa shape index (κ3) is 2.87. The molecule has 2 aromatic heterocycles. The zero-order valence-corrected chi connectivity index (χ0v) is 14.3. The van der Waals surface area contributed by atoms with Crippen LogP contribution in [0.3, 0.4) is 0 Å². The molecule has 0 amide bonds. The molecular weight excluding hydrogens is 306 g/mol. The Bertz CT molecular complexity index is 900. The molecule has 6 heteroatoms. The summed E-state index contributed by atoms with van der Waals surface area (Å²) in [4.78, 5) is 16.7. The summed E-state index contributed by atoms with van der Waals surface area (Å²) < 4.78 is 8.95. The van der Waals surface area contributed by atoms with Gasteiger partial charge in [-0.3, -0.25) is 4.57 Å². The predicted octanol–water partition coefficient (Wildman–Crippen LogP) is 4.01. The topological polar surface area (TPSA) is 69.3 Å². The van der Waals surface area contributed by atoms with Crippen molar-refractivity contribution in [2.75, 3.05) is 0 Å². The van der Waals surface area contributed by atoms with E-state index < -0.39 is 11.7 Å². The normalized spacial score (nSPS) is 11.8. The van der Waals surface area contributed by atoms with Crippen molar-refractivity contribution in [1.82, 2.24) is 14.1 Å². The van der Waals surface area contributed by atoms with Gasteiger partial charge in [0.25, 0.3) is 0 Å². The lowest BCUT2D eigenvalue weighted by Crippen LogP contribution is -2.26. The van der Waals surface area contributed by atoms with E-state index >= 15 is 0 Å². The minimum Gasteiger partial charge on any atom is -0.508 e. The number of aryl methyl sites for hydroxylation is 1. The Morgan fingerprint density at radius 2 is 2.08 bits per heavy atom. The van der Waals surface area contributed by atoms with Crippen molar-refractivity contribution in [3.63, 3.8) is 0 Å². The number of aromatic nitrogens is 3. The monoisotopic (exact) mass is 327 g/mol. The van der Waals surface area contributed by atoms with E-state index in [9.17, 15) is 9.90 Å². The summed E-state index contributed by atoms with van der Waals surface area (Å²) in [7, 11) is 0. The van der Waals surface area contributed by atoms with Crippen LogP contribution in [-0.2, 0) is 11.3 Å². The van der Waals surface area contributed by atoms with E-state index in [-0.39, 0.29) is 5.75 Å². The van der Waals surface area contributed by atoms with Gasteiger partial charge in [0.1, 0.15) is 11.4 Å². The van der Waals surface area contributed by atoms with E-state index in [1.807, 2.05) is 32.3 Å².